The highest BCUT2D eigenvalue weighted by molar-refractivity contribution is 6.35. The zero-order chi connectivity index (χ0) is 12.5. The molecule has 1 aromatic rings. The molecule has 0 aromatic heterocycles. The molecule has 0 spiro atoms. The molecular weight excluding hydrogens is 253 g/mol. The first-order valence-electron chi connectivity index (χ1n) is 6.14. The van der Waals surface area contributed by atoms with Gasteiger partial charge in [-0.05, 0) is 36.8 Å². The Morgan fingerprint density at radius 2 is 1.94 bits per heavy atom. The van der Waals surface area contributed by atoms with E-state index in [1.807, 2.05) is 18.2 Å². The van der Waals surface area contributed by atoms with Crippen LogP contribution in [0.1, 0.15) is 38.7 Å². The Hall–Kier alpha value is -0.240. The highest BCUT2D eigenvalue weighted by Gasteiger charge is 2.30. The maximum atomic E-state index is 6.15. The third kappa shape index (κ3) is 3.37. The van der Waals surface area contributed by atoms with Crippen LogP contribution in [0, 0.1) is 5.41 Å². The molecule has 1 nitrogen and oxygen atoms in total. The molecule has 1 aliphatic carbocycles. The van der Waals surface area contributed by atoms with Gasteiger partial charge < -0.3 is 5.32 Å². The quantitative estimate of drug-likeness (QED) is 0.843. The Morgan fingerprint density at radius 1 is 1.29 bits per heavy atom. The lowest BCUT2D eigenvalue weighted by Gasteiger charge is -2.18. The molecule has 1 unspecified atom stereocenters. The maximum Gasteiger partial charge on any atom is 0.0465 e. The average molecular weight is 272 g/mol. The van der Waals surface area contributed by atoms with Crippen LogP contribution in [0.3, 0.4) is 0 Å². The number of benzene rings is 1. The van der Waals surface area contributed by atoms with Crippen molar-refractivity contribution in [1.82, 2.24) is 5.32 Å². The van der Waals surface area contributed by atoms with Crippen molar-refractivity contribution in [2.75, 3.05) is 0 Å². The first kappa shape index (κ1) is 13.2. The summed E-state index contributed by atoms with van der Waals surface area (Å²) in [7, 11) is 0. The van der Waals surface area contributed by atoms with Crippen molar-refractivity contribution in [3.05, 3.63) is 33.8 Å². The zero-order valence-corrected chi connectivity index (χ0v) is 11.9. The van der Waals surface area contributed by atoms with Gasteiger partial charge in [0.05, 0.1) is 0 Å². The zero-order valence-electron chi connectivity index (χ0n) is 10.4. The maximum absolute atomic E-state index is 6.15. The minimum atomic E-state index is 0.474. The second kappa shape index (κ2) is 5.17. The van der Waals surface area contributed by atoms with E-state index in [0.717, 1.165) is 22.2 Å². The van der Waals surface area contributed by atoms with E-state index in [-0.39, 0.29) is 0 Å². The first-order valence-corrected chi connectivity index (χ1v) is 6.90. The fourth-order valence-electron chi connectivity index (χ4n) is 2.56. The standard InChI is InChI=1S/C14H19Cl2N/c1-14(2)7-6-10(8-14)17-9-11-12(15)4-3-5-13(11)16/h3-5,10,17H,6-9H2,1-2H3. The molecule has 0 bridgehead atoms. The van der Waals surface area contributed by atoms with Gasteiger partial charge in [0.15, 0.2) is 0 Å². The average Bonchev–Trinajstić information content (AvgIpc) is 2.57. The topological polar surface area (TPSA) is 12.0 Å². The first-order chi connectivity index (χ1) is 7.98. The van der Waals surface area contributed by atoms with E-state index in [1.165, 1.54) is 19.3 Å². The van der Waals surface area contributed by atoms with E-state index in [4.69, 9.17) is 23.2 Å². The van der Waals surface area contributed by atoms with Crippen LogP contribution in [0.15, 0.2) is 18.2 Å². The Bertz CT molecular complexity index is 381. The molecule has 94 valence electrons. The molecule has 0 radical (unpaired) electrons. The Kier molecular flexibility index (Phi) is 4.02. The van der Waals surface area contributed by atoms with Crippen LogP contribution < -0.4 is 5.32 Å². The van der Waals surface area contributed by atoms with Gasteiger partial charge in [0.25, 0.3) is 0 Å². The lowest BCUT2D eigenvalue weighted by atomic mass is 9.92. The molecule has 1 saturated carbocycles. The minimum Gasteiger partial charge on any atom is -0.310 e. The molecular formula is C14H19Cl2N. The Morgan fingerprint density at radius 3 is 2.47 bits per heavy atom. The van der Waals surface area contributed by atoms with Crippen LogP contribution in [-0.2, 0) is 6.54 Å². The van der Waals surface area contributed by atoms with Crippen molar-refractivity contribution in [3.8, 4) is 0 Å². The van der Waals surface area contributed by atoms with Crippen LogP contribution >= 0.6 is 23.2 Å². The molecule has 0 saturated heterocycles. The highest BCUT2D eigenvalue weighted by Crippen LogP contribution is 2.37. The van der Waals surface area contributed by atoms with Crippen LogP contribution in [0.5, 0.6) is 0 Å². The van der Waals surface area contributed by atoms with Gasteiger partial charge in [-0.1, -0.05) is 43.1 Å². The van der Waals surface area contributed by atoms with E-state index >= 15 is 0 Å². The third-order valence-corrected chi connectivity index (χ3v) is 4.31. The second-order valence-corrected chi connectivity index (χ2v) is 6.50. The second-order valence-electron chi connectivity index (χ2n) is 5.69. The van der Waals surface area contributed by atoms with Gasteiger partial charge >= 0.3 is 0 Å². The summed E-state index contributed by atoms with van der Waals surface area (Å²) in [6.45, 7) is 5.42. The summed E-state index contributed by atoms with van der Waals surface area (Å²) in [4.78, 5) is 0. The van der Waals surface area contributed by atoms with Crippen molar-refractivity contribution in [2.24, 2.45) is 5.41 Å². The summed E-state index contributed by atoms with van der Waals surface area (Å²) in [6.07, 6.45) is 3.77. The molecule has 0 heterocycles. The normalized spacial score (nSPS) is 22.9. The fourth-order valence-corrected chi connectivity index (χ4v) is 3.09. The van der Waals surface area contributed by atoms with E-state index in [0.29, 0.717) is 11.5 Å². The number of halogens is 2. The van der Waals surface area contributed by atoms with Crippen molar-refractivity contribution in [3.63, 3.8) is 0 Å². The molecule has 0 amide bonds. The Balaban J connectivity index is 1.95. The predicted molar refractivity (Wildman–Crippen MR) is 74.7 cm³/mol. The van der Waals surface area contributed by atoms with Crippen molar-refractivity contribution >= 4 is 23.2 Å². The molecule has 1 aliphatic rings. The molecule has 0 aliphatic heterocycles. The largest absolute Gasteiger partial charge is 0.310 e. The lowest BCUT2D eigenvalue weighted by molar-refractivity contribution is 0.364. The summed E-state index contributed by atoms with van der Waals surface area (Å²) in [5, 5.41) is 5.07. The smallest absolute Gasteiger partial charge is 0.0465 e. The van der Waals surface area contributed by atoms with E-state index < -0.39 is 0 Å². The Labute approximate surface area is 114 Å². The number of hydrogen-bond acceptors (Lipinski definition) is 1. The van der Waals surface area contributed by atoms with Crippen molar-refractivity contribution in [2.45, 2.75) is 45.7 Å². The monoisotopic (exact) mass is 271 g/mol. The van der Waals surface area contributed by atoms with Crippen molar-refractivity contribution < 1.29 is 0 Å². The highest BCUT2D eigenvalue weighted by atomic mass is 35.5. The summed E-state index contributed by atoms with van der Waals surface area (Å²) < 4.78 is 0. The molecule has 17 heavy (non-hydrogen) atoms. The van der Waals surface area contributed by atoms with Crippen LogP contribution in [0.4, 0.5) is 0 Å². The van der Waals surface area contributed by atoms with Gasteiger partial charge in [0.2, 0.25) is 0 Å². The SMILES string of the molecule is CC1(C)CCC(NCc2c(Cl)cccc2Cl)C1. The van der Waals surface area contributed by atoms with Crippen LogP contribution in [0.25, 0.3) is 0 Å². The summed E-state index contributed by atoms with van der Waals surface area (Å²) >= 11 is 12.3. The lowest BCUT2D eigenvalue weighted by Crippen LogP contribution is -2.27. The van der Waals surface area contributed by atoms with Gasteiger partial charge in [0.1, 0.15) is 0 Å². The van der Waals surface area contributed by atoms with Gasteiger partial charge in [-0.25, -0.2) is 0 Å². The van der Waals surface area contributed by atoms with E-state index in [1.54, 1.807) is 0 Å². The molecule has 3 heteroatoms. The third-order valence-electron chi connectivity index (χ3n) is 3.60. The molecule has 1 fully saturated rings. The van der Waals surface area contributed by atoms with Crippen LogP contribution in [0.2, 0.25) is 10.0 Å². The number of rotatable bonds is 3. The fraction of sp³-hybridized carbons (Fsp3) is 0.571. The number of hydrogen-bond donors (Lipinski definition) is 1. The van der Waals surface area contributed by atoms with Gasteiger partial charge in [-0.3, -0.25) is 0 Å². The van der Waals surface area contributed by atoms with Gasteiger partial charge in [-0.2, -0.15) is 0 Å². The molecule has 1 N–H and O–H groups in total. The summed E-state index contributed by atoms with van der Waals surface area (Å²) in [6, 6.07) is 6.26. The predicted octanol–water partition coefficient (Wildman–Crippen LogP) is 4.66. The van der Waals surface area contributed by atoms with Gasteiger partial charge in [-0.15, -0.1) is 0 Å². The van der Waals surface area contributed by atoms with Crippen LogP contribution in [-0.4, -0.2) is 6.04 Å². The summed E-state index contributed by atoms with van der Waals surface area (Å²) in [5.74, 6) is 0. The molecule has 1 aromatic carbocycles. The summed E-state index contributed by atoms with van der Waals surface area (Å²) in [5.41, 5.74) is 1.49. The van der Waals surface area contributed by atoms with Crippen molar-refractivity contribution in [1.29, 1.82) is 0 Å². The minimum absolute atomic E-state index is 0.474. The number of nitrogens with one attached hydrogen (secondary N) is 1. The van der Waals surface area contributed by atoms with E-state index in [9.17, 15) is 0 Å². The molecule has 1 atom stereocenters. The van der Waals surface area contributed by atoms with E-state index in [2.05, 4.69) is 19.2 Å². The molecule has 2 rings (SSSR count). The van der Waals surface area contributed by atoms with Gasteiger partial charge in [0, 0.05) is 28.2 Å².